The Morgan fingerprint density at radius 2 is 1.55 bits per heavy atom. The molecule has 0 aliphatic rings. The fourth-order valence-electron chi connectivity index (χ4n) is 3.29. The third-order valence-corrected chi connectivity index (χ3v) is 5.24. The summed E-state index contributed by atoms with van der Waals surface area (Å²) in [6.07, 6.45) is 6.22. The van der Waals surface area contributed by atoms with Crippen LogP contribution in [-0.2, 0) is 15.9 Å². The Morgan fingerprint density at radius 3 is 2.12 bits per heavy atom. The molecular weight excluding hydrogens is 433 g/mol. The average molecular weight is 467 g/mol. The van der Waals surface area contributed by atoms with Crippen LogP contribution in [0.4, 0.5) is 13.2 Å². The summed E-state index contributed by atoms with van der Waals surface area (Å²) in [6, 6.07) is 5.99. The summed E-state index contributed by atoms with van der Waals surface area (Å²) in [4.78, 5) is 20.9. The molecule has 1 unspecified atom stereocenters. The number of nitrogens with zero attached hydrogens (tertiary/aromatic N) is 2. The minimum atomic E-state index is -4.70. The van der Waals surface area contributed by atoms with Gasteiger partial charge in [-0.25, -0.2) is 14.8 Å². The van der Waals surface area contributed by atoms with Crippen LogP contribution in [0, 0.1) is 0 Å². The van der Waals surface area contributed by atoms with Crippen molar-refractivity contribution in [2.75, 3.05) is 13.2 Å². The van der Waals surface area contributed by atoms with Crippen LogP contribution < -0.4 is 0 Å². The molecule has 0 saturated heterocycles. The molecule has 182 valence electrons. The zero-order valence-corrected chi connectivity index (χ0v) is 19.4. The topological polar surface area (TPSA) is 61.3 Å². The Morgan fingerprint density at radius 1 is 0.939 bits per heavy atom. The molecule has 0 bridgehead atoms. The second-order valence-corrected chi connectivity index (χ2v) is 7.96. The number of hydrogen-bond acceptors (Lipinski definition) is 5. The third kappa shape index (κ3) is 9.50. The van der Waals surface area contributed by atoms with Crippen molar-refractivity contribution < 1.29 is 27.4 Å². The van der Waals surface area contributed by atoms with Crippen molar-refractivity contribution in [1.82, 2.24) is 9.97 Å². The van der Waals surface area contributed by atoms with Gasteiger partial charge in [0.1, 0.15) is 0 Å². The summed E-state index contributed by atoms with van der Waals surface area (Å²) in [6.45, 7) is 3.14. The van der Waals surface area contributed by atoms with E-state index in [4.69, 9.17) is 4.74 Å². The van der Waals surface area contributed by atoms with Gasteiger partial charge in [-0.1, -0.05) is 57.6 Å². The molecule has 5 nitrogen and oxygen atoms in total. The number of alkyl halides is 3. The summed E-state index contributed by atoms with van der Waals surface area (Å²) in [5.41, 5.74) is 1.75. The standard InChI is InChI=1S/C25H33F3N2O3/c1-3-5-6-7-8-9-10-11-19-16-29-23(30-17-19)20-12-14-21(15-13-20)24(31)33-22(18-32-4-2)25(26,27)28/h12-17,22H,3-11,18H2,1-2H3. The van der Waals surface area contributed by atoms with E-state index >= 15 is 0 Å². The zero-order valence-electron chi connectivity index (χ0n) is 19.4. The van der Waals surface area contributed by atoms with Gasteiger partial charge in [0.2, 0.25) is 6.10 Å². The van der Waals surface area contributed by atoms with E-state index < -0.39 is 24.9 Å². The lowest BCUT2D eigenvalue weighted by molar-refractivity contribution is -0.217. The lowest BCUT2D eigenvalue weighted by atomic mass is 10.1. The SMILES string of the molecule is CCCCCCCCCc1cnc(-c2ccc(C(=O)OC(COCC)C(F)(F)F)cc2)nc1. The lowest BCUT2D eigenvalue weighted by Crippen LogP contribution is -2.37. The first kappa shape index (κ1) is 26.8. The molecule has 8 heteroatoms. The van der Waals surface area contributed by atoms with Gasteiger partial charge in [-0.2, -0.15) is 13.2 Å². The van der Waals surface area contributed by atoms with Gasteiger partial charge in [0.25, 0.3) is 0 Å². The predicted molar refractivity (Wildman–Crippen MR) is 121 cm³/mol. The smallest absolute Gasteiger partial charge is 0.427 e. The number of halogens is 3. The van der Waals surface area contributed by atoms with E-state index in [-0.39, 0.29) is 12.2 Å². The van der Waals surface area contributed by atoms with Gasteiger partial charge in [-0.3, -0.25) is 0 Å². The molecule has 2 rings (SSSR count). The van der Waals surface area contributed by atoms with Crippen molar-refractivity contribution in [2.24, 2.45) is 0 Å². The molecule has 1 heterocycles. The Balaban J connectivity index is 1.88. The van der Waals surface area contributed by atoms with Crippen LogP contribution in [0.3, 0.4) is 0 Å². The molecule has 2 aromatic rings. The Hall–Kier alpha value is -2.48. The van der Waals surface area contributed by atoms with E-state index in [2.05, 4.69) is 21.6 Å². The number of carbonyl (C=O) groups is 1. The predicted octanol–water partition coefficient (Wildman–Crippen LogP) is 6.56. The number of aryl methyl sites for hydroxylation is 1. The van der Waals surface area contributed by atoms with Crippen LogP contribution in [-0.4, -0.2) is 41.4 Å². The number of aromatic nitrogens is 2. The van der Waals surface area contributed by atoms with Gasteiger partial charge >= 0.3 is 12.1 Å². The molecule has 0 radical (unpaired) electrons. The number of esters is 1. The van der Waals surface area contributed by atoms with Crippen LogP contribution in [0.5, 0.6) is 0 Å². The van der Waals surface area contributed by atoms with Gasteiger partial charge in [-0.05, 0) is 37.5 Å². The quantitative estimate of drug-likeness (QED) is 0.233. The molecule has 0 aliphatic heterocycles. The normalized spacial score (nSPS) is 12.5. The molecule has 0 fully saturated rings. The third-order valence-electron chi connectivity index (χ3n) is 5.24. The second kappa shape index (κ2) is 13.9. The van der Waals surface area contributed by atoms with Crippen LogP contribution in [0.25, 0.3) is 11.4 Å². The molecule has 0 spiro atoms. The van der Waals surface area contributed by atoms with E-state index in [0.717, 1.165) is 18.4 Å². The molecular formula is C25H33F3N2O3. The van der Waals surface area contributed by atoms with Crippen molar-refractivity contribution in [3.63, 3.8) is 0 Å². The summed E-state index contributed by atoms with van der Waals surface area (Å²) in [5, 5.41) is 0. The summed E-state index contributed by atoms with van der Waals surface area (Å²) in [7, 11) is 0. The molecule has 0 N–H and O–H groups in total. The highest BCUT2D eigenvalue weighted by molar-refractivity contribution is 5.90. The van der Waals surface area contributed by atoms with E-state index in [1.165, 1.54) is 50.7 Å². The highest BCUT2D eigenvalue weighted by atomic mass is 19.4. The number of unbranched alkanes of at least 4 members (excludes halogenated alkanes) is 6. The lowest BCUT2D eigenvalue weighted by Gasteiger charge is -2.20. The van der Waals surface area contributed by atoms with Gasteiger partial charge in [-0.15, -0.1) is 0 Å². The molecule has 1 aromatic heterocycles. The fourth-order valence-corrected chi connectivity index (χ4v) is 3.29. The van der Waals surface area contributed by atoms with Gasteiger partial charge < -0.3 is 9.47 Å². The Labute approximate surface area is 193 Å². The van der Waals surface area contributed by atoms with Gasteiger partial charge in [0.15, 0.2) is 5.82 Å². The minimum absolute atomic E-state index is 0.0139. The molecule has 1 aromatic carbocycles. The largest absolute Gasteiger partial charge is 0.447 e. The van der Waals surface area contributed by atoms with Crippen molar-refractivity contribution >= 4 is 5.97 Å². The maximum absolute atomic E-state index is 13.0. The van der Waals surface area contributed by atoms with Crippen molar-refractivity contribution in [3.05, 3.63) is 47.8 Å². The number of benzene rings is 1. The van der Waals surface area contributed by atoms with Crippen LogP contribution in [0.1, 0.15) is 74.7 Å². The molecule has 0 saturated carbocycles. The zero-order chi connectivity index (χ0) is 24.1. The maximum atomic E-state index is 13.0. The van der Waals surface area contributed by atoms with Crippen LogP contribution >= 0.6 is 0 Å². The van der Waals surface area contributed by atoms with Gasteiger partial charge in [0.05, 0.1) is 12.2 Å². The molecule has 1 atom stereocenters. The van der Waals surface area contributed by atoms with E-state index in [0.29, 0.717) is 11.4 Å². The Bertz CT molecular complexity index is 824. The maximum Gasteiger partial charge on any atom is 0.427 e. The Kier molecular flexibility index (Phi) is 11.3. The minimum Gasteiger partial charge on any atom is -0.447 e. The average Bonchev–Trinajstić information content (AvgIpc) is 2.81. The fraction of sp³-hybridized carbons (Fsp3) is 0.560. The first-order valence-corrected chi connectivity index (χ1v) is 11.6. The van der Waals surface area contributed by atoms with E-state index in [9.17, 15) is 18.0 Å². The summed E-state index contributed by atoms with van der Waals surface area (Å²) in [5.74, 6) is -0.572. The van der Waals surface area contributed by atoms with Gasteiger partial charge in [0, 0.05) is 24.6 Å². The summed E-state index contributed by atoms with van der Waals surface area (Å²) >= 11 is 0. The van der Waals surface area contributed by atoms with E-state index in [1.807, 2.05) is 0 Å². The molecule has 0 amide bonds. The highest BCUT2D eigenvalue weighted by Crippen LogP contribution is 2.25. The van der Waals surface area contributed by atoms with Crippen molar-refractivity contribution in [2.45, 2.75) is 77.5 Å². The number of hydrogen-bond donors (Lipinski definition) is 0. The first-order valence-electron chi connectivity index (χ1n) is 11.6. The van der Waals surface area contributed by atoms with E-state index in [1.54, 1.807) is 31.5 Å². The molecule has 0 aliphatic carbocycles. The number of rotatable bonds is 14. The van der Waals surface area contributed by atoms with Crippen LogP contribution in [0.2, 0.25) is 0 Å². The second-order valence-electron chi connectivity index (χ2n) is 7.96. The first-order chi connectivity index (χ1) is 15.8. The monoisotopic (exact) mass is 466 g/mol. The number of ether oxygens (including phenoxy) is 2. The number of carbonyl (C=O) groups excluding carboxylic acids is 1. The highest BCUT2D eigenvalue weighted by Gasteiger charge is 2.43. The summed E-state index contributed by atoms with van der Waals surface area (Å²) < 4.78 is 48.5. The molecule has 33 heavy (non-hydrogen) atoms. The van der Waals surface area contributed by atoms with Crippen molar-refractivity contribution in [1.29, 1.82) is 0 Å². The van der Waals surface area contributed by atoms with Crippen LogP contribution in [0.15, 0.2) is 36.7 Å². The van der Waals surface area contributed by atoms with Crippen molar-refractivity contribution in [3.8, 4) is 11.4 Å².